The lowest BCUT2D eigenvalue weighted by Crippen LogP contribution is -2.54. The highest BCUT2D eigenvalue weighted by Gasteiger charge is 2.33. The predicted octanol–water partition coefficient (Wildman–Crippen LogP) is 4.29. The summed E-state index contributed by atoms with van der Waals surface area (Å²) in [4.78, 5) is 32.6. The average Bonchev–Trinajstić information content (AvgIpc) is 3.67. The molecule has 1 saturated heterocycles. The van der Waals surface area contributed by atoms with Crippen molar-refractivity contribution >= 4 is 23.8 Å². The Morgan fingerprint density at radius 2 is 2.12 bits per heavy atom. The summed E-state index contributed by atoms with van der Waals surface area (Å²) in [7, 11) is 0. The lowest BCUT2D eigenvalue weighted by molar-refractivity contribution is -0.133. The Morgan fingerprint density at radius 1 is 1.30 bits per heavy atom. The topological polar surface area (TPSA) is 89.3 Å². The maximum atomic E-state index is 12.6. The van der Waals surface area contributed by atoms with Gasteiger partial charge in [-0.25, -0.2) is 4.98 Å². The number of nitrogens with one attached hydrogen (secondary N) is 1. The van der Waals surface area contributed by atoms with E-state index in [1.165, 1.54) is 0 Å². The number of rotatable bonds is 8. The SMILES string of the molecule is CCCCC(=O)N1CCN(c2nc(C3CC3)c(-c3cccc(NC=O)c3)cc2C#N)CC1C. The normalized spacial score (nSPS) is 18.0. The molecule has 4 rings (SSSR count). The summed E-state index contributed by atoms with van der Waals surface area (Å²) in [5, 5.41) is 12.7. The third-order valence-electron chi connectivity index (χ3n) is 6.51. The van der Waals surface area contributed by atoms with Crippen molar-refractivity contribution in [1.82, 2.24) is 9.88 Å². The molecule has 1 unspecified atom stereocenters. The van der Waals surface area contributed by atoms with Gasteiger partial charge in [0.1, 0.15) is 11.9 Å². The number of aromatic nitrogens is 1. The van der Waals surface area contributed by atoms with Crippen LogP contribution in [0, 0.1) is 11.3 Å². The largest absolute Gasteiger partial charge is 0.352 e. The Hall–Kier alpha value is -3.40. The Bertz CT molecular complexity index is 1070. The van der Waals surface area contributed by atoms with Crippen LogP contribution in [0.3, 0.4) is 0 Å². The number of amides is 2. The fraction of sp³-hybridized carbons (Fsp3) is 0.462. The number of benzene rings is 1. The summed E-state index contributed by atoms with van der Waals surface area (Å²) in [6.45, 7) is 6.16. The first kappa shape index (κ1) is 22.8. The number of carbonyl (C=O) groups is 2. The Labute approximate surface area is 195 Å². The van der Waals surface area contributed by atoms with Gasteiger partial charge >= 0.3 is 0 Å². The van der Waals surface area contributed by atoms with Crippen LogP contribution in [-0.4, -0.2) is 47.9 Å². The first-order chi connectivity index (χ1) is 16.0. The molecule has 7 heteroatoms. The van der Waals surface area contributed by atoms with Crippen molar-refractivity contribution in [1.29, 1.82) is 5.26 Å². The van der Waals surface area contributed by atoms with Crippen molar-refractivity contribution in [3.63, 3.8) is 0 Å². The van der Waals surface area contributed by atoms with Crippen LogP contribution in [0.2, 0.25) is 0 Å². The van der Waals surface area contributed by atoms with Gasteiger partial charge in [-0.15, -0.1) is 0 Å². The van der Waals surface area contributed by atoms with E-state index in [0.717, 1.165) is 48.3 Å². The van der Waals surface area contributed by atoms with Crippen LogP contribution < -0.4 is 10.2 Å². The van der Waals surface area contributed by atoms with E-state index >= 15 is 0 Å². The number of piperazine rings is 1. The lowest BCUT2D eigenvalue weighted by Gasteiger charge is -2.41. The molecule has 0 radical (unpaired) electrons. The van der Waals surface area contributed by atoms with Crippen LogP contribution in [0.4, 0.5) is 11.5 Å². The molecule has 1 aromatic carbocycles. The van der Waals surface area contributed by atoms with Crippen molar-refractivity contribution in [2.45, 2.75) is 57.9 Å². The van der Waals surface area contributed by atoms with Gasteiger partial charge in [0.05, 0.1) is 11.3 Å². The molecule has 7 nitrogen and oxygen atoms in total. The second kappa shape index (κ2) is 10.0. The minimum Gasteiger partial charge on any atom is -0.352 e. The molecule has 172 valence electrons. The molecule has 1 N–H and O–H groups in total. The zero-order chi connectivity index (χ0) is 23.4. The maximum absolute atomic E-state index is 12.6. The molecule has 1 aliphatic carbocycles. The second-order valence-electron chi connectivity index (χ2n) is 9.01. The predicted molar refractivity (Wildman–Crippen MR) is 129 cm³/mol. The van der Waals surface area contributed by atoms with E-state index in [2.05, 4.69) is 30.1 Å². The van der Waals surface area contributed by atoms with Crippen molar-refractivity contribution in [3.05, 3.63) is 41.6 Å². The smallest absolute Gasteiger partial charge is 0.222 e. The molecule has 2 aromatic rings. The zero-order valence-electron chi connectivity index (χ0n) is 19.4. The summed E-state index contributed by atoms with van der Waals surface area (Å²) in [6.07, 6.45) is 5.38. The molecule has 2 heterocycles. The molecule has 2 aliphatic rings. The minimum atomic E-state index is 0.0756. The monoisotopic (exact) mass is 445 g/mol. The van der Waals surface area contributed by atoms with Crippen molar-refractivity contribution in [3.8, 4) is 17.2 Å². The third-order valence-corrected chi connectivity index (χ3v) is 6.51. The second-order valence-corrected chi connectivity index (χ2v) is 9.01. The standard InChI is InChI=1S/C26H31N5O2/c1-3-4-8-24(33)31-12-11-30(16-18(31)2)26-21(15-27)14-23(25(29-26)19-9-10-19)20-6-5-7-22(13-20)28-17-32/h5-7,13-14,17-19H,3-4,8-12,16H2,1-2H3,(H,28,32). The number of nitrogens with zero attached hydrogens (tertiary/aromatic N) is 4. The van der Waals surface area contributed by atoms with Gasteiger partial charge in [-0.3, -0.25) is 9.59 Å². The number of pyridine rings is 1. The summed E-state index contributed by atoms with van der Waals surface area (Å²) in [5.74, 6) is 1.33. The number of anilines is 2. The fourth-order valence-electron chi connectivity index (χ4n) is 4.58. The highest BCUT2D eigenvalue weighted by molar-refractivity contribution is 5.79. The first-order valence-electron chi connectivity index (χ1n) is 11.9. The van der Waals surface area contributed by atoms with Gasteiger partial charge in [-0.2, -0.15) is 5.26 Å². The van der Waals surface area contributed by atoms with Gasteiger partial charge in [-0.1, -0.05) is 25.5 Å². The van der Waals surface area contributed by atoms with Crippen molar-refractivity contribution in [2.24, 2.45) is 0 Å². The molecule has 0 bridgehead atoms. The van der Waals surface area contributed by atoms with E-state index in [-0.39, 0.29) is 11.9 Å². The molecule has 2 amide bonds. The Balaban J connectivity index is 1.63. The van der Waals surface area contributed by atoms with Crippen LogP contribution in [-0.2, 0) is 9.59 Å². The highest BCUT2D eigenvalue weighted by Crippen LogP contribution is 2.45. The molecular weight excluding hydrogens is 414 g/mol. The van der Waals surface area contributed by atoms with E-state index in [1.54, 1.807) is 0 Å². The molecule has 0 spiro atoms. The quantitative estimate of drug-likeness (QED) is 0.612. The molecule has 2 fully saturated rings. The maximum Gasteiger partial charge on any atom is 0.222 e. The summed E-state index contributed by atoms with van der Waals surface area (Å²) >= 11 is 0. The van der Waals surface area contributed by atoms with Gasteiger partial charge in [-0.05, 0) is 49.9 Å². The minimum absolute atomic E-state index is 0.0756. The summed E-state index contributed by atoms with van der Waals surface area (Å²) in [6, 6.07) is 12.0. The summed E-state index contributed by atoms with van der Waals surface area (Å²) in [5.41, 5.74) is 4.17. The zero-order valence-corrected chi connectivity index (χ0v) is 19.4. The Kier molecular flexibility index (Phi) is 6.93. The summed E-state index contributed by atoms with van der Waals surface area (Å²) < 4.78 is 0. The number of hydrogen-bond donors (Lipinski definition) is 1. The van der Waals surface area contributed by atoms with Crippen LogP contribution in [0.5, 0.6) is 0 Å². The molecule has 33 heavy (non-hydrogen) atoms. The number of nitriles is 1. The number of hydrogen-bond acceptors (Lipinski definition) is 5. The number of carbonyl (C=O) groups excluding carboxylic acids is 2. The molecule has 1 atom stereocenters. The average molecular weight is 446 g/mol. The van der Waals surface area contributed by atoms with E-state index in [4.69, 9.17) is 4.98 Å². The lowest BCUT2D eigenvalue weighted by atomic mass is 9.98. The van der Waals surface area contributed by atoms with Crippen molar-refractivity contribution < 1.29 is 9.59 Å². The van der Waals surface area contributed by atoms with Crippen LogP contribution in [0.15, 0.2) is 30.3 Å². The van der Waals surface area contributed by atoms with Crippen LogP contribution in [0.25, 0.3) is 11.1 Å². The van der Waals surface area contributed by atoms with Gasteiger partial charge in [0, 0.05) is 49.3 Å². The van der Waals surface area contributed by atoms with Crippen LogP contribution >= 0.6 is 0 Å². The van der Waals surface area contributed by atoms with Crippen molar-refractivity contribution in [2.75, 3.05) is 29.9 Å². The van der Waals surface area contributed by atoms with Gasteiger partial charge < -0.3 is 15.1 Å². The van der Waals surface area contributed by atoms with Gasteiger partial charge in [0.25, 0.3) is 0 Å². The third kappa shape index (κ3) is 5.00. The van der Waals surface area contributed by atoms with E-state index in [9.17, 15) is 14.9 Å². The molecule has 1 aliphatic heterocycles. The first-order valence-corrected chi connectivity index (χ1v) is 11.9. The Morgan fingerprint density at radius 3 is 2.79 bits per heavy atom. The fourth-order valence-corrected chi connectivity index (χ4v) is 4.58. The van der Waals surface area contributed by atoms with Gasteiger partial charge in [0.15, 0.2) is 0 Å². The molecular formula is C26H31N5O2. The molecule has 1 saturated carbocycles. The van der Waals surface area contributed by atoms with Gasteiger partial charge in [0.2, 0.25) is 12.3 Å². The highest BCUT2D eigenvalue weighted by atomic mass is 16.2. The molecule has 1 aromatic heterocycles. The van der Waals surface area contributed by atoms with Crippen LogP contribution in [0.1, 0.15) is 63.1 Å². The van der Waals surface area contributed by atoms with E-state index in [1.807, 2.05) is 35.2 Å². The number of unbranched alkanes of at least 4 members (excludes halogenated alkanes) is 1. The van der Waals surface area contributed by atoms with E-state index in [0.29, 0.717) is 49.6 Å². The van der Waals surface area contributed by atoms with E-state index < -0.39 is 0 Å².